The maximum atomic E-state index is 12.0. The molecule has 0 aliphatic rings. The topological polar surface area (TPSA) is 87.7 Å². The number of amides is 1. The first kappa shape index (κ1) is 14.4. The molecule has 0 aliphatic carbocycles. The van der Waals surface area contributed by atoms with Gasteiger partial charge in [0.15, 0.2) is 5.84 Å². The van der Waals surface area contributed by atoms with Crippen molar-refractivity contribution < 1.29 is 10.0 Å². The summed E-state index contributed by atoms with van der Waals surface area (Å²) in [6.45, 7) is 1.81. The highest BCUT2D eigenvalue weighted by Gasteiger charge is 2.21. The zero-order valence-electron chi connectivity index (χ0n) is 10.4. The Balaban J connectivity index is 2.79. The molecule has 0 radical (unpaired) electrons. The Morgan fingerprint density at radius 3 is 2.89 bits per heavy atom. The van der Waals surface area contributed by atoms with Gasteiger partial charge in [-0.1, -0.05) is 18.1 Å². The van der Waals surface area contributed by atoms with Crippen molar-refractivity contribution in [3.05, 3.63) is 24.3 Å². The standard InChI is InChI=1S/C12H17N3O2S/c1-3-10(11(13)15-17)12(16)14-8-5-4-6-9(7-8)18-2/h4-7,10,17H,3H2,1-2H3,(H2,13,15)(H,14,16). The van der Waals surface area contributed by atoms with Crippen molar-refractivity contribution >= 4 is 29.2 Å². The summed E-state index contributed by atoms with van der Waals surface area (Å²) in [5.41, 5.74) is 6.18. The zero-order valence-corrected chi connectivity index (χ0v) is 11.2. The number of carbonyl (C=O) groups is 1. The van der Waals surface area contributed by atoms with Crippen LogP contribution in [0.1, 0.15) is 13.3 Å². The quantitative estimate of drug-likeness (QED) is 0.251. The van der Waals surface area contributed by atoms with Gasteiger partial charge >= 0.3 is 0 Å². The number of hydrogen-bond donors (Lipinski definition) is 3. The molecule has 1 rings (SSSR count). The average molecular weight is 267 g/mol. The fraction of sp³-hybridized carbons (Fsp3) is 0.333. The normalized spacial score (nSPS) is 13.1. The lowest BCUT2D eigenvalue weighted by atomic mass is 10.0. The Morgan fingerprint density at radius 1 is 1.61 bits per heavy atom. The van der Waals surface area contributed by atoms with E-state index in [0.717, 1.165) is 4.90 Å². The molecular weight excluding hydrogens is 250 g/mol. The first-order chi connectivity index (χ1) is 8.62. The van der Waals surface area contributed by atoms with Gasteiger partial charge in [0.1, 0.15) is 0 Å². The van der Waals surface area contributed by atoms with Crippen molar-refractivity contribution in [2.24, 2.45) is 16.8 Å². The van der Waals surface area contributed by atoms with Crippen LogP contribution in [0.25, 0.3) is 0 Å². The van der Waals surface area contributed by atoms with Crippen molar-refractivity contribution in [3.63, 3.8) is 0 Å². The molecule has 98 valence electrons. The Kier molecular flexibility index (Phi) is 5.51. The first-order valence-electron chi connectivity index (χ1n) is 5.54. The lowest BCUT2D eigenvalue weighted by molar-refractivity contribution is -0.118. The maximum absolute atomic E-state index is 12.0. The molecule has 0 aliphatic heterocycles. The molecule has 18 heavy (non-hydrogen) atoms. The van der Waals surface area contributed by atoms with Crippen molar-refractivity contribution in [1.82, 2.24) is 0 Å². The van der Waals surface area contributed by atoms with E-state index < -0.39 is 5.92 Å². The molecule has 1 unspecified atom stereocenters. The van der Waals surface area contributed by atoms with Crippen LogP contribution in [0.15, 0.2) is 34.3 Å². The van der Waals surface area contributed by atoms with Gasteiger partial charge in [0.05, 0.1) is 5.92 Å². The van der Waals surface area contributed by atoms with Crippen molar-refractivity contribution in [2.75, 3.05) is 11.6 Å². The molecule has 5 nitrogen and oxygen atoms in total. The highest BCUT2D eigenvalue weighted by molar-refractivity contribution is 7.98. The molecule has 1 aromatic rings. The third-order valence-corrected chi connectivity index (χ3v) is 3.26. The van der Waals surface area contributed by atoms with E-state index >= 15 is 0 Å². The second-order valence-corrected chi connectivity index (χ2v) is 4.59. The maximum Gasteiger partial charge on any atom is 0.235 e. The summed E-state index contributed by atoms with van der Waals surface area (Å²) in [6.07, 6.45) is 2.44. The molecule has 1 aromatic carbocycles. The van der Waals surface area contributed by atoms with Gasteiger partial charge in [-0.3, -0.25) is 4.79 Å². The van der Waals surface area contributed by atoms with Crippen molar-refractivity contribution in [2.45, 2.75) is 18.2 Å². The van der Waals surface area contributed by atoms with Gasteiger partial charge in [0.2, 0.25) is 5.91 Å². The summed E-state index contributed by atoms with van der Waals surface area (Å²) in [5.74, 6) is -0.963. The predicted octanol–water partition coefficient (Wildman–Crippen LogP) is 2.12. The Hall–Kier alpha value is -1.69. The van der Waals surface area contributed by atoms with Gasteiger partial charge in [0.25, 0.3) is 0 Å². The van der Waals surface area contributed by atoms with Gasteiger partial charge in [0, 0.05) is 10.6 Å². The number of benzene rings is 1. The molecule has 0 heterocycles. The molecule has 0 saturated heterocycles. The first-order valence-corrected chi connectivity index (χ1v) is 6.77. The number of carbonyl (C=O) groups excluding carboxylic acids is 1. The third kappa shape index (κ3) is 3.66. The second kappa shape index (κ2) is 6.90. The molecule has 0 aromatic heterocycles. The van der Waals surface area contributed by atoms with Crippen LogP contribution in [0.3, 0.4) is 0 Å². The fourth-order valence-corrected chi connectivity index (χ4v) is 1.99. The van der Waals surface area contributed by atoms with E-state index in [-0.39, 0.29) is 11.7 Å². The molecule has 0 spiro atoms. The molecular formula is C12H17N3O2S. The number of anilines is 1. The highest BCUT2D eigenvalue weighted by atomic mass is 32.2. The van der Waals surface area contributed by atoms with Gasteiger partial charge in [-0.2, -0.15) is 0 Å². The van der Waals surface area contributed by atoms with E-state index in [1.54, 1.807) is 24.8 Å². The van der Waals surface area contributed by atoms with Crippen LogP contribution >= 0.6 is 11.8 Å². The zero-order chi connectivity index (χ0) is 13.5. The Labute approximate surface area is 110 Å². The second-order valence-electron chi connectivity index (χ2n) is 3.71. The molecule has 1 atom stereocenters. The van der Waals surface area contributed by atoms with Gasteiger partial charge in [-0.15, -0.1) is 11.8 Å². The van der Waals surface area contributed by atoms with E-state index in [0.29, 0.717) is 12.1 Å². The summed E-state index contributed by atoms with van der Waals surface area (Å²) >= 11 is 1.60. The summed E-state index contributed by atoms with van der Waals surface area (Å²) in [4.78, 5) is 13.0. The SMILES string of the molecule is CCC(C(=O)Nc1cccc(SC)c1)/C(N)=N/O. The van der Waals surface area contributed by atoms with Crippen LogP contribution in [0.5, 0.6) is 0 Å². The minimum absolute atomic E-state index is 0.0731. The predicted molar refractivity (Wildman–Crippen MR) is 74.0 cm³/mol. The number of nitrogens with zero attached hydrogens (tertiary/aromatic N) is 1. The molecule has 4 N–H and O–H groups in total. The molecule has 6 heteroatoms. The minimum Gasteiger partial charge on any atom is -0.409 e. The lowest BCUT2D eigenvalue weighted by Crippen LogP contribution is -2.34. The Bertz CT molecular complexity index is 449. The number of nitrogens with two attached hydrogens (primary N) is 1. The van der Waals surface area contributed by atoms with Gasteiger partial charge in [-0.05, 0) is 30.9 Å². The van der Waals surface area contributed by atoms with Crippen molar-refractivity contribution in [1.29, 1.82) is 0 Å². The van der Waals surface area contributed by atoms with Gasteiger partial charge < -0.3 is 16.3 Å². The van der Waals surface area contributed by atoms with Crippen LogP contribution in [-0.4, -0.2) is 23.2 Å². The number of nitrogens with one attached hydrogen (secondary N) is 1. The Morgan fingerprint density at radius 2 is 2.33 bits per heavy atom. The van der Waals surface area contributed by atoms with E-state index in [4.69, 9.17) is 10.9 Å². The molecule has 0 saturated carbocycles. The largest absolute Gasteiger partial charge is 0.409 e. The van der Waals surface area contributed by atoms with Gasteiger partial charge in [-0.25, -0.2) is 0 Å². The number of thioether (sulfide) groups is 1. The lowest BCUT2D eigenvalue weighted by Gasteiger charge is -2.13. The molecule has 1 amide bonds. The average Bonchev–Trinajstić information content (AvgIpc) is 2.39. The monoisotopic (exact) mass is 267 g/mol. The third-order valence-electron chi connectivity index (χ3n) is 2.53. The number of rotatable bonds is 5. The highest BCUT2D eigenvalue weighted by Crippen LogP contribution is 2.19. The summed E-state index contributed by atoms with van der Waals surface area (Å²) in [5, 5.41) is 14.3. The fourth-order valence-electron chi connectivity index (χ4n) is 1.53. The summed E-state index contributed by atoms with van der Waals surface area (Å²) in [6, 6.07) is 7.51. The van der Waals surface area contributed by atoms with Crippen LogP contribution in [-0.2, 0) is 4.79 Å². The van der Waals surface area contributed by atoms with E-state index in [2.05, 4.69) is 10.5 Å². The summed E-state index contributed by atoms with van der Waals surface area (Å²) < 4.78 is 0. The number of amidine groups is 1. The van der Waals surface area contributed by atoms with Crippen molar-refractivity contribution in [3.8, 4) is 0 Å². The van der Waals surface area contributed by atoms with E-state index in [1.807, 2.05) is 24.5 Å². The number of oxime groups is 1. The van der Waals surface area contributed by atoms with Crippen LogP contribution in [0.2, 0.25) is 0 Å². The number of hydrogen-bond acceptors (Lipinski definition) is 4. The summed E-state index contributed by atoms with van der Waals surface area (Å²) in [7, 11) is 0. The van der Waals surface area contributed by atoms with Crippen LogP contribution < -0.4 is 11.1 Å². The van der Waals surface area contributed by atoms with E-state index in [1.165, 1.54) is 0 Å². The molecule has 0 bridgehead atoms. The minimum atomic E-state index is -0.618. The van der Waals surface area contributed by atoms with E-state index in [9.17, 15) is 4.79 Å². The van der Waals surface area contributed by atoms with Crippen LogP contribution in [0, 0.1) is 5.92 Å². The smallest absolute Gasteiger partial charge is 0.235 e. The molecule has 0 fully saturated rings. The van der Waals surface area contributed by atoms with Crippen LogP contribution in [0.4, 0.5) is 5.69 Å².